The van der Waals surface area contributed by atoms with Crippen LogP contribution in [0.3, 0.4) is 0 Å². The molecule has 9 heavy (non-hydrogen) atoms. The van der Waals surface area contributed by atoms with Crippen molar-refractivity contribution >= 4 is 11.0 Å². The van der Waals surface area contributed by atoms with Crippen molar-refractivity contribution in [2.75, 3.05) is 5.75 Å². The van der Waals surface area contributed by atoms with Gasteiger partial charge in [0.15, 0.2) is 0 Å². The van der Waals surface area contributed by atoms with E-state index in [-0.39, 0.29) is 6.04 Å². The third-order valence-corrected chi connectivity index (χ3v) is 2.50. The second-order valence-electron chi connectivity index (χ2n) is 2.03. The lowest BCUT2D eigenvalue weighted by Gasteiger charge is -2.16. The second kappa shape index (κ2) is 3.00. The van der Waals surface area contributed by atoms with Gasteiger partial charge in [-0.1, -0.05) is 5.92 Å². The van der Waals surface area contributed by atoms with Gasteiger partial charge in [-0.3, -0.25) is 0 Å². The SMILES string of the molecule is C#CC1CCCS(=O)N1. The number of terminal acetylenes is 1. The highest BCUT2D eigenvalue weighted by Gasteiger charge is 2.13. The highest BCUT2D eigenvalue weighted by Crippen LogP contribution is 2.04. The summed E-state index contributed by atoms with van der Waals surface area (Å²) in [5, 5.41) is 0. The lowest BCUT2D eigenvalue weighted by atomic mass is 10.2. The molecule has 0 saturated carbocycles. The Kier molecular flexibility index (Phi) is 2.26. The van der Waals surface area contributed by atoms with E-state index in [1.54, 1.807) is 0 Å². The van der Waals surface area contributed by atoms with Crippen molar-refractivity contribution in [3.05, 3.63) is 0 Å². The van der Waals surface area contributed by atoms with E-state index < -0.39 is 11.0 Å². The zero-order chi connectivity index (χ0) is 6.69. The Morgan fingerprint density at radius 2 is 2.56 bits per heavy atom. The molecule has 0 aromatic carbocycles. The molecule has 1 fully saturated rings. The lowest BCUT2D eigenvalue weighted by Crippen LogP contribution is -2.35. The monoisotopic (exact) mass is 143 g/mol. The highest BCUT2D eigenvalue weighted by molar-refractivity contribution is 7.83. The predicted octanol–water partition coefficient (Wildman–Crippen LogP) is 0.0353. The molecule has 1 N–H and O–H groups in total. The van der Waals surface area contributed by atoms with Gasteiger partial charge in [0.1, 0.15) is 0 Å². The van der Waals surface area contributed by atoms with Crippen LogP contribution in [0.5, 0.6) is 0 Å². The number of rotatable bonds is 0. The third kappa shape index (κ3) is 1.81. The third-order valence-electron chi connectivity index (χ3n) is 1.30. The smallest absolute Gasteiger partial charge is 0.0926 e. The van der Waals surface area contributed by atoms with Gasteiger partial charge in [-0.15, -0.1) is 6.42 Å². The van der Waals surface area contributed by atoms with Crippen LogP contribution in [0.15, 0.2) is 0 Å². The van der Waals surface area contributed by atoms with E-state index in [1.807, 2.05) is 0 Å². The van der Waals surface area contributed by atoms with Crippen molar-refractivity contribution in [2.24, 2.45) is 0 Å². The van der Waals surface area contributed by atoms with Crippen molar-refractivity contribution in [3.63, 3.8) is 0 Å². The fourth-order valence-electron chi connectivity index (χ4n) is 0.812. The van der Waals surface area contributed by atoms with Crippen LogP contribution in [-0.2, 0) is 11.0 Å². The molecule has 50 valence electrons. The first-order chi connectivity index (χ1) is 4.33. The van der Waals surface area contributed by atoms with E-state index in [2.05, 4.69) is 10.6 Å². The van der Waals surface area contributed by atoms with E-state index in [0.717, 1.165) is 18.6 Å². The zero-order valence-electron chi connectivity index (χ0n) is 5.09. The van der Waals surface area contributed by atoms with Crippen LogP contribution in [0.1, 0.15) is 12.8 Å². The lowest BCUT2D eigenvalue weighted by molar-refractivity contribution is 0.608. The van der Waals surface area contributed by atoms with E-state index in [0.29, 0.717) is 0 Å². The summed E-state index contributed by atoms with van der Waals surface area (Å²) in [5.41, 5.74) is 0. The molecule has 1 saturated heterocycles. The molecule has 1 aliphatic rings. The molecule has 2 nitrogen and oxygen atoms in total. The van der Waals surface area contributed by atoms with E-state index >= 15 is 0 Å². The Labute approximate surface area is 57.6 Å². The summed E-state index contributed by atoms with van der Waals surface area (Å²) < 4.78 is 13.5. The molecule has 0 aliphatic carbocycles. The quantitative estimate of drug-likeness (QED) is 0.476. The fourth-order valence-corrected chi connectivity index (χ4v) is 1.86. The van der Waals surface area contributed by atoms with Gasteiger partial charge < -0.3 is 0 Å². The van der Waals surface area contributed by atoms with Gasteiger partial charge in [0.25, 0.3) is 0 Å². The van der Waals surface area contributed by atoms with E-state index in [1.165, 1.54) is 0 Å². The molecular weight excluding hydrogens is 134 g/mol. The predicted molar refractivity (Wildman–Crippen MR) is 38.0 cm³/mol. The Hall–Kier alpha value is -0.330. The van der Waals surface area contributed by atoms with Gasteiger partial charge in [-0.2, -0.15) is 0 Å². The first kappa shape index (κ1) is 6.79. The molecule has 3 heteroatoms. The van der Waals surface area contributed by atoms with Crippen molar-refractivity contribution in [3.8, 4) is 12.3 Å². The van der Waals surface area contributed by atoms with Gasteiger partial charge in [0.05, 0.1) is 17.0 Å². The van der Waals surface area contributed by atoms with Gasteiger partial charge in [0.2, 0.25) is 0 Å². The number of hydrogen-bond donors (Lipinski definition) is 1. The Bertz CT molecular complexity index is 161. The van der Waals surface area contributed by atoms with Crippen molar-refractivity contribution < 1.29 is 4.21 Å². The fraction of sp³-hybridized carbons (Fsp3) is 0.667. The summed E-state index contributed by atoms with van der Waals surface area (Å²) in [6.45, 7) is 0. The van der Waals surface area contributed by atoms with Crippen molar-refractivity contribution in [1.29, 1.82) is 0 Å². The van der Waals surface area contributed by atoms with Crippen LogP contribution >= 0.6 is 0 Å². The largest absolute Gasteiger partial charge is 0.243 e. The molecule has 0 radical (unpaired) electrons. The summed E-state index contributed by atoms with van der Waals surface area (Å²) in [4.78, 5) is 0. The summed E-state index contributed by atoms with van der Waals surface area (Å²) in [7, 11) is -0.863. The van der Waals surface area contributed by atoms with Gasteiger partial charge in [0, 0.05) is 5.75 Å². The molecule has 0 aromatic rings. The van der Waals surface area contributed by atoms with E-state index in [4.69, 9.17) is 6.42 Å². The minimum Gasteiger partial charge on any atom is -0.243 e. The molecule has 2 unspecified atom stereocenters. The first-order valence-electron chi connectivity index (χ1n) is 2.93. The maximum Gasteiger partial charge on any atom is 0.0926 e. The molecule has 2 atom stereocenters. The van der Waals surface area contributed by atoms with Crippen LogP contribution in [0.2, 0.25) is 0 Å². The van der Waals surface area contributed by atoms with E-state index in [9.17, 15) is 4.21 Å². The summed E-state index contributed by atoms with van der Waals surface area (Å²) in [6.07, 6.45) is 7.06. The second-order valence-corrected chi connectivity index (χ2v) is 3.36. The van der Waals surface area contributed by atoms with Crippen molar-refractivity contribution in [1.82, 2.24) is 4.72 Å². The minimum atomic E-state index is -0.863. The Morgan fingerprint density at radius 3 is 3.00 bits per heavy atom. The normalized spacial score (nSPS) is 35.4. The maximum atomic E-state index is 10.7. The Morgan fingerprint density at radius 1 is 1.78 bits per heavy atom. The summed E-state index contributed by atoms with van der Waals surface area (Å²) >= 11 is 0. The molecule has 0 bridgehead atoms. The van der Waals surface area contributed by atoms with Crippen LogP contribution in [0.4, 0.5) is 0 Å². The molecule has 1 aliphatic heterocycles. The average Bonchev–Trinajstić information content (AvgIpc) is 1.88. The number of nitrogens with one attached hydrogen (secondary N) is 1. The average molecular weight is 143 g/mol. The summed E-state index contributed by atoms with van der Waals surface area (Å²) in [6, 6.07) is 0.0413. The molecule has 1 rings (SSSR count). The standard InChI is InChI=1S/C6H9NOS/c1-2-6-4-3-5-9(8)7-6/h1,6-7H,3-5H2. The molecule has 0 spiro atoms. The molecular formula is C6H9NOS. The first-order valence-corrected chi connectivity index (χ1v) is 4.25. The van der Waals surface area contributed by atoms with Crippen molar-refractivity contribution in [2.45, 2.75) is 18.9 Å². The topological polar surface area (TPSA) is 29.1 Å². The summed E-state index contributed by atoms with van der Waals surface area (Å²) in [5.74, 6) is 3.28. The molecule has 0 aromatic heterocycles. The zero-order valence-corrected chi connectivity index (χ0v) is 5.91. The van der Waals surface area contributed by atoms with Crippen LogP contribution in [0.25, 0.3) is 0 Å². The van der Waals surface area contributed by atoms with Gasteiger partial charge >= 0.3 is 0 Å². The molecule has 1 heterocycles. The minimum absolute atomic E-state index is 0.0413. The number of hydrogen-bond acceptors (Lipinski definition) is 1. The Balaban J connectivity index is 2.43. The van der Waals surface area contributed by atoms with Gasteiger partial charge in [-0.05, 0) is 12.8 Å². The molecule has 0 amide bonds. The van der Waals surface area contributed by atoms with Crippen LogP contribution in [-0.4, -0.2) is 16.0 Å². The highest BCUT2D eigenvalue weighted by atomic mass is 32.2. The maximum absolute atomic E-state index is 10.7. The van der Waals surface area contributed by atoms with Crippen LogP contribution in [0, 0.1) is 12.3 Å². The van der Waals surface area contributed by atoms with Gasteiger partial charge in [-0.25, -0.2) is 8.93 Å². The van der Waals surface area contributed by atoms with Crippen LogP contribution < -0.4 is 4.72 Å².